The van der Waals surface area contributed by atoms with Crippen LogP contribution in [0.4, 0.5) is 20.5 Å². The zero-order valence-electron chi connectivity index (χ0n) is 22.7. The van der Waals surface area contributed by atoms with Gasteiger partial charge in [-0.05, 0) is 49.8 Å². The lowest BCUT2D eigenvalue weighted by atomic mass is 9.71. The molecule has 3 aromatic rings. The lowest BCUT2D eigenvalue weighted by molar-refractivity contribution is 0.00528. The smallest absolute Gasteiger partial charge is 0.254 e. The van der Waals surface area contributed by atoms with Crippen molar-refractivity contribution >= 4 is 28.7 Å². The summed E-state index contributed by atoms with van der Waals surface area (Å²) >= 11 is 0. The number of likely N-dealkylation sites (tertiary alicyclic amines) is 2. The number of nitrogen functional groups attached to an aromatic ring is 1. The second kappa shape index (κ2) is 8.98. The summed E-state index contributed by atoms with van der Waals surface area (Å²) in [4.78, 5) is 26.3. The fourth-order valence-corrected chi connectivity index (χ4v) is 7.26. The highest BCUT2D eigenvalue weighted by molar-refractivity contribution is 5.95. The first-order valence-corrected chi connectivity index (χ1v) is 13.9. The summed E-state index contributed by atoms with van der Waals surface area (Å²) in [5.41, 5.74) is 7.91. The summed E-state index contributed by atoms with van der Waals surface area (Å²) in [6.45, 7) is 4.56. The number of halogens is 2. The van der Waals surface area contributed by atoms with Gasteiger partial charge in [-0.25, -0.2) is 13.8 Å². The van der Waals surface area contributed by atoms with Crippen molar-refractivity contribution in [2.45, 2.75) is 31.7 Å². The van der Waals surface area contributed by atoms with Crippen LogP contribution in [0.3, 0.4) is 0 Å². The predicted octanol–water partition coefficient (Wildman–Crippen LogP) is 2.95. The van der Waals surface area contributed by atoms with Gasteiger partial charge in [0.1, 0.15) is 16.8 Å². The van der Waals surface area contributed by atoms with E-state index < -0.39 is 11.3 Å². The Kier molecular flexibility index (Phi) is 5.71. The maximum Gasteiger partial charge on any atom is 0.254 e. The van der Waals surface area contributed by atoms with E-state index in [1.54, 1.807) is 24.1 Å². The van der Waals surface area contributed by atoms with Gasteiger partial charge in [-0.15, -0.1) is 0 Å². The first-order valence-electron chi connectivity index (χ1n) is 13.9. The summed E-state index contributed by atoms with van der Waals surface area (Å²) in [7, 11) is 3.73. The van der Waals surface area contributed by atoms with Crippen molar-refractivity contribution in [3.8, 4) is 5.75 Å². The first-order chi connectivity index (χ1) is 19.1. The molecule has 4 heterocycles. The number of fused-ring (bicyclic) bond motifs is 2. The molecule has 2 atom stereocenters. The lowest BCUT2D eigenvalue weighted by Crippen LogP contribution is -2.34. The summed E-state index contributed by atoms with van der Waals surface area (Å²) in [5.74, 6) is 0.0273. The molecule has 2 aliphatic heterocycles. The number of rotatable bonds is 7. The number of nitrogens with zero attached hydrogens (tertiary/aromatic N) is 6. The molecule has 4 aliphatic rings. The van der Waals surface area contributed by atoms with E-state index >= 15 is 0 Å². The Bertz CT molecular complexity index is 1470. The molecule has 7 rings (SSSR count). The fourth-order valence-electron chi connectivity index (χ4n) is 7.26. The standard InChI is InChI=1S/C28H34F2N8O2/c1-36-10-19-12-37(13-20(19)11-36)25(39)17-3-4-18(22(5-17)40-2)14-38-23-21(9-33-38)34-26(31)35-24(23)32-8-16-6-27(7-16)15-28(27,29)30/h3-5,9,16,19-20H,6-8,10-15H2,1-2H3,(H3,31,32,34,35)/t16?,19-,20+,27?. The highest BCUT2D eigenvalue weighted by Crippen LogP contribution is 2.72. The van der Waals surface area contributed by atoms with Gasteiger partial charge < -0.3 is 25.6 Å². The molecule has 2 aromatic heterocycles. The van der Waals surface area contributed by atoms with Crippen LogP contribution in [0.5, 0.6) is 5.75 Å². The Morgan fingerprint density at radius 2 is 1.90 bits per heavy atom. The number of carbonyl (C=O) groups is 1. The topological polar surface area (TPSA) is 114 Å². The summed E-state index contributed by atoms with van der Waals surface area (Å²) in [6.07, 6.45) is 2.69. The Hall–Kier alpha value is -3.54. The number of carbonyl (C=O) groups excluding carboxylic acids is 1. The Morgan fingerprint density at radius 1 is 1.18 bits per heavy atom. The molecule has 212 valence electrons. The third-order valence-corrected chi connectivity index (χ3v) is 9.44. The van der Waals surface area contributed by atoms with Crippen LogP contribution in [-0.4, -0.2) is 88.3 Å². The molecule has 0 bridgehead atoms. The highest BCUT2D eigenvalue weighted by atomic mass is 19.3. The van der Waals surface area contributed by atoms with Crippen molar-refractivity contribution in [2.24, 2.45) is 23.2 Å². The second-order valence-corrected chi connectivity index (χ2v) is 12.3. The number of nitrogens with one attached hydrogen (secondary N) is 1. The van der Waals surface area contributed by atoms with Gasteiger partial charge in [-0.3, -0.25) is 9.48 Å². The van der Waals surface area contributed by atoms with Crippen molar-refractivity contribution in [1.29, 1.82) is 0 Å². The minimum atomic E-state index is -2.50. The van der Waals surface area contributed by atoms with Gasteiger partial charge in [-0.2, -0.15) is 10.1 Å². The number of hydrogen-bond acceptors (Lipinski definition) is 8. The molecule has 3 N–H and O–H groups in total. The van der Waals surface area contributed by atoms with Crippen LogP contribution >= 0.6 is 0 Å². The average Bonchev–Trinajstić information content (AvgIpc) is 3.26. The summed E-state index contributed by atoms with van der Waals surface area (Å²) in [6, 6.07) is 5.55. The molecule has 2 saturated heterocycles. The van der Waals surface area contributed by atoms with Gasteiger partial charge in [0.25, 0.3) is 11.8 Å². The number of anilines is 2. The van der Waals surface area contributed by atoms with Crippen LogP contribution in [0.2, 0.25) is 0 Å². The van der Waals surface area contributed by atoms with E-state index in [-0.39, 0.29) is 24.2 Å². The molecule has 1 amide bonds. The van der Waals surface area contributed by atoms with E-state index in [1.807, 2.05) is 17.0 Å². The van der Waals surface area contributed by atoms with Gasteiger partial charge >= 0.3 is 0 Å². The zero-order valence-corrected chi connectivity index (χ0v) is 22.7. The van der Waals surface area contributed by atoms with E-state index in [0.29, 0.717) is 65.9 Å². The van der Waals surface area contributed by atoms with E-state index in [4.69, 9.17) is 10.5 Å². The lowest BCUT2D eigenvalue weighted by Gasteiger charge is -2.36. The van der Waals surface area contributed by atoms with E-state index in [2.05, 4.69) is 32.3 Å². The van der Waals surface area contributed by atoms with Crippen LogP contribution in [0.15, 0.2) is 24.4 Å². The average molecular weight is 553 g/mol. The molecule has 1 aromatic carbocycles. The molecule has 10 nitrogen and oxygen atoms in total. The van der Waals surface area contributed by atoms with Crippen molar-refractivity contribution in [3.63, 3.8) is 0 Å². The zero-order chi connectivity index (χ0) is 27.8. The number of alkyl halides is 2. The van der Waals surface area contributed by atoms with Gasteiger partial charge in [0.2, 0.25) is 5.95 Å². The number of benzene rings is 1. The van der Waals surface area contributed by atoms with Crippen LogP contribution in [0.25, 0.3) is 11.0 Å². The molecule has 0 unspecified atom stereocenters. The largest absolute Gasteiger partial charge is 0.496 e. The van der Waals surface area contributed by atoms with Gasteiger partial charge in [-0.1, -0.05) is 6.07 Å². The Morgan fingerprint density at radius 3 is 2.58 bits per heavy atom. The van der Waals surface area contributed by atoms with Crippen LogP contribution in [-0.2, 0) is 6.54 Å². The number of methoxy groups -OCH3 is 1. The van der Waals surface area contributed by atoms with Crippen molar-refractivity contribution in [3.05, 3.63) is 35.5 Å². The highest BCUT2D eigenvalue weighted by Gasteiger charge is 2.75. The van der Waals surface area contributed by atoms with Crippen molar-refractivity contribution in [1.82, 2.24) is 29.5 Å². The fraction of sp³-hybridized carbons (Fsp3) is 0.571. The number of ether oxygens (including phenoxy) is 1. The number of amides is 1. The van der Waals surface area contributed by atoms with Gasteiger partial charge in [0.15, 0.2) is 5.82 Å². The molecule has 40 heavy (non-hydrogen) atoms. The van der Waals surface area contributed by atoms with Crippen molar-refractivity contribution < 1.29 is 18.3 Å². The van der Waals surface area contributed by atoms with Crippen molar-refractivity contribution in [2.75, 3.05) is 57.9 Å². The number of hydrogen-bond donors (Lipinski definition) is 2. The third kappa shape index (κ3) is 4.15. The minimum Gasteiger partial charge on any atom is -0.496 e. The molecular formula is C28H34F2N8O2. The summed E-state index contributed by atoms with van der Waals surface area (Å²) in [5, 5.41) is 7.84. The Labute approximate surface area is 230 Å². The normalized spacial score (nSPS) is 28.6. The van der Waals surface area contributed by atoms with Gasteiger partial charge in [0, 0.05) is 55.7 Å². The molecule has 2 saturated carbocycles. The maximum absolute atomic E-state index is 13.6. The monoisotopic (exact) mass is 552 g/mol. The molecule has 0 radical (unpaired) electrons. The molecule has 1 spiro atoms. The predicted molar refractivity (Wildman–Crippen MR) is 145 cm³/mol. The minimum absolute atomic E-state index is 0.0108. The molecular weight excluding hydrogens is 518 g/mol. The van der Waals surface area contributed by atoms with E-state index in [0.717, 1.165) is 31.7 Å². The van der Waals surface area contributed by atoms with Crippen LogP contribution in [0, 0.1) is 23.2 Å². The summed E-state index contributed by atoms with van der Waals surface area (Å²) < 4.78 is 34.7. The SMILES string of the molecule is COc1cc(C(=O)N2C[C@H]3CN(C)C[C@H]3C2)ccc1Cn1ncc2nc(N)nc(NCC3CC4(C3)CC4(F)F)c21. The van der Waals surface area contributed by atoms with E-state index in [9.17, 15) is 13.6 Å². The molecule has 4 fully saturated rings. The third-order valence-electron chi connectivity index (χ3n) is 9.44. The Balaban J connectivity index is 1.08. The number of nitrogens with two attached hydrogens (primary N) is 1. The van der Waals surface area contributed by atoms with E-state index in [1.165, 1.54) is 0 Å². The quantitative estimate of drug-likeness (QED) is 0.460. The molecule has 12 heteroatoms. The first kappa shape index (κ1) is 25.4. The van der Waals surface area contributed by atoms with Crippen LogP contribution < -0.4 is 15.8 Å². The number of aromatic nitrogens is 4. The van der Waals surface area contributed by atoms with Crippen LogP contribution in [0.1, 0.15) is 35.2 Å². The maximum atomic E-state index is 13.6. The second-order valence-electron chi connectivity index (χ2n) is 12.3. The van der Waals surface area contributed by atoms with Gasteiger partial charge in [0.05, 0.1) is 19.9 Å². The molecule has 2 aliphatic carbocycles.